The van der Waals surface area contributed by atoms with Gasteiger partial charge in [0.1, 0.15) is 18.2 Å². The van der Waals surface area contributed by atoms with Crippen molar-refractivity contribution in [2.45, 2.75) is 45.4 Å². The predicted molar refractivity (Wildman–Crippen MR) is 85.3 cm³/mol. The number of alkyl carbamates (subject to hydrolysis) is 1. The van der Waals surface area contributed by atoms with E-state index < -0.39 is 36.1 Å². The maximum atomic E-state index is 11.7. The molecule has 8 heteroatoms. The Bertz CT molecular complexity index is 551. The van der Waals surface area contributed by atoms with Gasteiger partial charge in [-0.3, -0.25) is 4.79 Å². The maximum Gasteiger partial charge on any atom is 0.408 e. The summed E-state index contributed by atoms with van der Waals surface area (Å²) in [6, 6.07) is 7.53. The zero-order valence-electron chi connectivity index (χ0n) is 13.9. The van der Waals surface area contributed by atoms with Gasteiger partial charge in [-0.15, -0.1) is 0 Å². The van der Waals surface area contributed by atoms with Crippen molar-refractivity contribution in [1.82, 2.24) is 5.32 Å². The molecule has 0 aliphatic heterocycles. The molecule has 0 fully saturated rings. The number of carbonyl (C=O) groups is 3. The Morgan fingerprint density at radius 2 is 1.75 bits per heavy atom. The van der Waals surface area contributed by atoms with Crippen LogP contribution in [0.1, 0.15) is 32.8 Å². The van der Waals surface area contributed by atoms with Gasteiger partial charge in [0.25, 0.3) is 0 Å². The molecule has 4 N–H and O–H groups in total. The van der Waals surface area contributed by atoms with Crippen LogP contribution < -0.4 is 5.32 Å². The van der Waals surface area contributed by atoms with Gasteiger partial charge in [0, 0.05) is 0 Å². The second-order valence-electron chi connectivity index (χ2n) is 5.89. The third-order valence-corrected chi connectivity index (χ3v) is 2.59. The summed E-state index contributed by atoms with van der Waals surface area (Å²) in [5.41, 5.74) is 0.0372. The molecule has 0 saturated carbocycles. The lowest BCUT2D eigenvalue weighted by atomic mass is 10.1. The number of hydrogen-bond donors (Lipinski definition) is 2. The van der Waals surface area contributed by atoms with Gasteiger partial charge in [0.15, 0.2) is 0 Å². The summed E-state index contributed by atoms with van der Waals surface area (Å²) in [5, 5.41) is 11.2. The summed E-state index contributed by atoms with van der Waals surface area (Å²) in [6.45, 7) is 5.01. The van der Waals surface area contributed by atoms with Gasteiger partial charge < -0.3 is 25.4 Å². The Balaban J connectivity index is 0.00000529. The number of hydrogen-bond acceptors (Lipinski definition) is 5. The fourth-order valence-corrected chi connectivity index (χ4v) is 1.66. The van der Waals surface area contributed by atoms with Gasteiger partial charge >= 0.3 is 18.0 Å². The molecule has 0 spiro atoms. The van der Waals surface area contributed by atoms with E-state index >= 15 is 0 Å². The van der Waals surface area contributed by atoms with Crippen LogP contribution in [0.25, 0.3) is 0 Å². The smallest absolute Gasteiger partial charge is 0.408 e. The molecule has 1 amide bonds. The Hall–Kier alpha value is -2.61. The fraction of sp³-hybridized carbons (Fsp3) is 0.438. The first-order chi connectivity index (χ1) is 10.7. The first-order valence-electron chi connectivity index (χ1n) is 7.09. The normalized spacial score (nSPS) is 11.6. The molecular formula is C16H23NO7. The summed E-state index contributed by atoms with van der Waals surface area (Å²) in [7, 11) is 0. The number of carboxylic acid groups (broad SMARTS) is 1. The van der Waals surface area contributed by atoms with Crippen LogP contribution in [0, 0.1) is 0 Å². The molecule has 0 radical (unpaired) electrons. The van der Waals surface area contributed by atoms with Crippen LogP contribution in [0.15, 0.2) is 30.3 Å². The molecule has 24 heavy (non-hydrogen) atoms. The van der Waals surface area contributed by atoms with E-state index in [9.17, 15) is 14.4 Å². The lowest BCUT2D eigenvalue weighted by Crippen LogP contribution is -2.43. The summed E-state index contributed by atoms with van der Waals surface area (Å²) < 4.78 is 9.96. The highest BCUT2D eigenvalue weighted by molar-refractivity contribution is 5.85. The van der Waals surface area contributed by atoms with Crippen LogP contribution in [0.4, 0.5) is 4.79 Å². The Morgan fingerprint density at radius 1 is 1.17 bits per heavy atom. The summed E-state index contributed by atoms with van der Waals surface area (Å²) in [5.74, 6) is -2.05. The second-order valence-corrected chi connectivity index (χ2v) is 5.89. The van der Waals surface area contributed by atoms with E-state index in [2.05, 4.69) is 5.32 Å². The first-order valence-corrected chi connectivity index (χ1v) is 7.09. The minimum atomic E-state index is -1.41. The molecule has 8 nitrogen and oxygen atoms in total. The van der Waals surface area contributed by atoms with Crippen molar-refractivity contribution in [1.29, 1.82) is 0 Å². The average molecular weight is 341 g/mol. The van der Waals surface area contributed by atoms with Gasteiger partial charge in [-0.25, -0.2) is 9.59 Å². The Kier molecular flexibility index (Phi) is 8.48. The number of aliphatic carboxylic acids is 1. The Labute approximate surface area is 140 Å². The number of benzene rings is 1. The Morgan fingerprint density at radius 3 is 2.25 bits per heavy atom. The molecule has 0 aliphatic carbocycles. The zero-order chi connectivity index (χ0) is 17.5. The van der Waals surface area contributed by atoms with E-state index in [1.807, 2.05) is 6.07 Å². The van der Waals surface area contributed by atoms with Crippen molar-refractivity contribution in [3.8, 4) is 0 Å². The van der Waals surface area contributed by atoms with Crippen molar-refractivity contribution in [3.63, 3.8) is 0 Å². The second kappa shape index (κ2) is 9.51. The van der Waals surface area contributed by atoms with E-state index in [4.69, 9.17) is 14.6 Å². The van der Waals surface area contributed by atoms with Crippen LogP contribution >= 0.6 is 0 Å². The number of esters is 1. The monoisotopic (exact) mass is 341 g/mol. The standard InChI is InChI=1S/C16H21NO6.H2O/c1-16(2,3)23-13(18)9-12(14(19)20)17-15(21)22-10-11-7-5-4-6-8-11;/h4-8,12H,9-10H2,1-3H3,(H,17,21)(H,19,20);1H2/t12-;/m0./s1. The molecule has 0 unspecified atom stereocenters. The summed E-state index contributed by atoms with van der Waals surface area (Å²) >= 11 is 0. The molecule has 0 heterocycles. The van der Waals surface area contributed by atoms with Crippen LogP contribution in [0.2, 0.25) is 0 Å². The zero-order valence-corrected chi connectivity index (χ0v) is 13.9. The van der Waals surface area contributed by atoms with Gasteiger partial charge in [0.2, 0.25) is 0 Å². The number of nitrogens with one attached hydrogen (secondary N) is 1. The van der Waals surface area contributed by atoms with E-state index in [-0.39, 0.29) is 12.1 Å². The number of carbonyl (C=O) groups excluding carboxylic acids is 2. The molecular weight excluding hydrogens is 318 g/mol. The third-order valence-electron chi connectivity index (χ3n) is 2.59. The predicted octanol–water partition coefficient (Wildman–Crippen LogP) is 1.27. The van der Waals surface area contributed by atoms with Gasteiger partial charge in [-0.05, 0) is 26.3 Å². The highest BCUT2D eigenvalue weighted by Crippen LogP contribution is 2.09. The van der Waals surface area contributed by atoms with Crippen molar-refractivity contribution < 1.29 is 34.4 Å². The lowest BCUT2D eigenvalue weighted by Gasteiger charge is -2.21. The summed E-state index contributed by atoms with van der Waals surface area (Å²) in [4.78, 5) is 34.4. The minimum absolute atomic E-state index is 0. The van der Waals surface area contributed by atoms with Crippen LogP contribution in [0.3, 0.4) is 0 Å². The van der Waals surface area contributed by atoms with E-state index in [0.717, 1.165) is 5.56 Å². The molecule has 134 valence electrons. The van der Waals surface area contributed by atoms with Crippen molar-refractivity contribution >= 4 is 18.0 Å². The average Bonchev–Trinajstić information content (AvgIpc) is 2.43. The SMILES string of the molecule is CC(C)(C)OC(=O)C[C@H](NC(=O)OCc1ccccc1)C(=O)O.O. The fourth-order valence-electron chi connectivity index (χ4n) is 1.66. The van der Waals surface area contributed by atoms with Crippen LogP contribution in [0.5, 0.6) is 0 Å². The highest BCUT2D eigenvalue weighted by atomic mass is 16.6. The molecule has 0 saturated heterocycles. The molecule has 1 atom stereocenters. The van der Waals surface area contributed by atoms with Gasteiger partial charge in [-0.1, -0.05) is 30.3 Å². The molecule has 0 aliphatic rings. The number of amides is 1. The quantitative estimate of drug-likeness (QED) is 0.749. The molecule has 1 rings (SSSR count). The molecule has 0 aromatic heterocycles. The number of ether oxygens (including phenoxy) is 2. The number of rotatable bonds is 6. The van der Waals surface area contributed by atoms with Crippen molar-refractivity contribution in [2.24, 2.45) is 0 Å². The molecule has 1 aromatic rings. The summed E-state index contributed by atoms with van der Waals surface area (Å²) in [6.07, 6.45) is -1.39. The van der Waals surface area contributed by atoms with Crippen LogP contribution in [-0.4, -0.2) is 40.3 Å². The van der Waals surface area contributed by atoms with E-state index in [1.165, 1.54) is 0 Å². The maximum absolute atomic E-state index is 11.7. The topological polar surface area (TPSA) is 133 Å². The molecule has 1 aromatic carbocycles. The minimum Gasteiger partial charge on any atom is -0.480 e. The van der Waals surface area contributed by atoms with Crippen molar-refractivity contribution in [3.05, 3.63) is 35.9 Å². The number of carboxylic acids is 1. The van der Waals surface area contributed by atoms with Crippen molar-refractivity contribution in [2.75, 3.05) is 0 Å². The lowest BCUT2D eigenvalue weighted by molar-refractivity contribution is -0.158. The van der Waals surface area contributed by atoms with Gasteiger partial charge in [-0.2, -0.15) is 0 Å². The third kappa shape index (κ3) is 8.74. The molecule has 0 bridgehead atoms. The highest BCUT2D eigenvalue weighted by Gasteiger charge is 2.27. The van der Waals surface area contributed by atoms with Crippen LogP contribution in [-0.2, 0) is 25.7 Å². The van der Waals surface area contributed by atoms with E-state index in [1.54, 1.807) is 45.0 Å². The largest absolute Gasteiger partial charge is 0.480 e. The first kappa shape index (κ1) is 21.4. The van der Waals surface area contributed by atoms with Gasteiger partial charge in [0.05, 0.1) is 6.42 Å². The van der Waals surface area contributed by atoms with E-state index in [0.29, 0.717) is 0 Å².